The van der Waals surface area contributed by atoms with Crippen LogP contribution in [-0.4, -0.2) is 32.3 Å². The van der Waals surface area contributed by atoms with Gasteiger partial charge in [-0.1, -0.05) is 39.3 Å². The van der Waals surface area contributed by atoms with E-state index >= 15 is 0 Å². The minimum Gasteiger partial charge on any atom is -0.342 e. The predicted octanol–water partition coefficient (Wildman–Crippen LogP) is 5.24. The van der Waals surface area contributed by atoms with E-state index in [1.54, 1.807) is 24.3 Å². The lowest BCUT2D eigenvalue weighted by atomic mass is 10.2. The van der Waals surface area contributed by atoms with Crippen LogP contribution in [0.4, 0.5) is 5.69 Å². The number of aromatic nitrogens is 3. The van der Waals surface area contributed by atoms with Crippen LogP contribution in [0.25, 0.3) is 0 Å². The van der Waals surface area contributed by atoms with Crippen LogP contribution in [0.5, 0.6) is 0 Å². The molecule has 7 nitrogen and oxygen atoms in total. The summed E-state index contributed by atoms with van der Waals surface area (Å²) in [6, 6.07) is 12.0. The quantitative estimate of drug-likeness (QED) is 0.384. The van der Waals surface area contributed by atoms with E-state index in [2.05, 4.69) is 36.8 Å². The molecule has 2 amide bonds. The van der Waals surface area contributed by atoms with E-state index in [1.165, 1.54) is 11.8 Å². The maximum Gasteiger partial charge on any atom is 0.251 e. The molecule has 0 saturated carbocycles. The number of carbonyl (C=O) groups is 2. The number of thioether (sulfide) groups is 1. The molecule has 168 valence electrons. The highest BCUT2D eigenvalue weighted by Gasteiger charge is 2.20. The van der Waals surface area contributed by atoms with Crippen LogP contribution >= 0.6 is 39.3 Å². The highest BCUT2D eigenvalue weighted by Crippen LogP contribution is 2.23. The highest BCUT2D eigenvalue weighted by molar-refractivity contribution is 9.10. The summed E-state index contributed by atoms with van der Waals surface area (Å²) in [6.45, 7) is 6.39. The van der Waals surface area contributed by atoms with Crippen LogP contribution in [0.2, 0.25) is 5.02 Å². The third-order valence-corrected chi connectivity index (χ3v) is 6.79. The molecule has 0 aliphatic carbocycles. The van der Waals surface area contributed by atoms with Crippen LogP contribution in [0.15, 0.2) is 52.1 Å². The van der Waals surface area contributed by atoms with Gasteiger partial charge in [0.2, 0.25) is 5.91 Å². The standard InChI is InChI=1S/C22H23BrClN5O2S/c1-4-29-20(14(3)25-21(31)15-5-7-16(24)8-6-15)27-28-22(29)32-12-19(30)26-17-9-10-18(23)13(2)11-17/h5-11,14H,4,12H2,1-3H3,(H,25,31)(H,26,30)/t14-/m0/s1. The molecule has 1 aromatic heterocycles. The van der Waals surface area contributed by atoms with Gasteiger partial charge in [-0.15, -0.1) is 10.2 Å². The first-order chi connectivity index (χ1) is 15.3. The second-order valence-electron chi connectivity index (χ2n) is 7.09. The second kappa shape index (κ2) is 11.0. The van der Waals surface area contributed by atoms with Gasteiger partial charge in [-0.25, -0.2) is 0 Å². The Bertz CT molecular complexity index is 1120. The molecule has 0 aliphatic heterocycles. The average Bonchev–Trinajstić information content (AvgIpc) is 3.18. The Morgan fingerprint density at radius 2 is 1.91 bits per heavy atom. The van der Waals surface area contributed by atoms with Crippen LogP contribution in [0.1, 0.15) is 41.6 Å². The monoisotopic (exact) mass is 535 g/mol. The van der Waals surface area contributed by atoms with Gasteiger partial charge in [0, 0.05) is 27.3 Å². The second-order valence-corrected chi connectivity index (χ2v) is 9.32. The number of benzene rings is 2. The number of amides is 2. The normalized spacial score (nSPS) is 11.8. The van der Waals surface area contributed by atoms with Gasteiger partial charge in [0.15, 0.2) is 11.0 Å². The zero-order chi connectivity index (χ0) is 23.3. The molecule has 1 atom stereocenters. The van der Waals surface area contributed by atoms with Gasteiger partial charge in [-0.2, -0.15) is 0 Å². The van der Waals surface area contributed by atoms with Gasteiger partial charge in [0.25, 0.3) is 5.91 Å². The molecule has 10 heteroatoms. The molecule has 3 rings (SSSR count). The van der Waals surface area contributed by atoms with Gasteiger partial charge in [0.05, 0.1) is 11.8 Å². The number of anilines is 1. The minimum atomic E-state index is -0.362. The Labute approximate surface area is 204 Å². The van der Waals surface area contributed by atoms with Crippen LogP contribution in [0, 0.1) is 6.92 Å². The molecule has 2 N–H and O–H groups in total. The number of rotatable bonds is 8. The first kappa shape index (κ1) is 24.3. The van der Waals surface area contributed by atoms with Gasteiger partial charge in [0.1, 0.15) is 0 Å². The van der Waals surface area contributed by atoms with Gasteiger partial charge >= 0.3 is 0 Å². The van der Waals surface area contributed by atoms with Crippen molar-refractivity contribution in [1.29, 1.82) is 0 Å². The van der Waals surface area contributed by atoms with Crippen molar-refractivity contribution < 1.29 is 9.59 Å². The molecule has 3 aromatic rings. The van der Waals surface area contributed by atoms with E-state index in [0.29, 0.717) is 28.1 Å². The summed E-state index contributed by atoms with van der Waals surface area (Å²) in [5.74, 6) is 0.464. The molecule has 2 aromatic carbocycles. The summed E-state index contributed by atoms with van der Waals surface area (Å²) in [5, 5.41) is 15.5. The van der Waals surface area contributed by atoms with E-state index in [0.717, 1.165) is 15.7 Å². The summed E-state index contributed by atoms with van der Waals surface area (Å²) in [7, 11) is 0. The Morgan fingerprint density at radius 3 is 2.56 bits per heavy atom. The van der Waals surface area contributed by atoms with Crippen molar-refractivity contribution in [1.82, 2.24) is 20.1 Å². The maximum atomic E-state index is 12.5. The summed E-state index contributed by atoms with van der Waals surface area (Å²) in [4.78, 5) is 24.9. The molecular formula is C22H23BrClN5O2S. The fourth-order valence-corrected chi connectivity index (χ4v) is 4.20. The number of hydrogen-bond acceptors (Lipinski definition) is 5. The summed E-state index contributed by atoms with van der Waals surface area (Å²) in [5.41, 5.74) is 2.30. The number of nitrogens with one attached hydrogen (secondary N) is 2. The van der Waals surface area contributed by atoms with Gasteiger partial charge in [-0.3, -0.25) is 9.59 Å². The largest absolute Gasteiger partial charge is 0.342 e. The summed E-state index contributed by atoms with van der Waals surface area (Å²) < 4.78 is 2.89. The lowest BCUT2D eigenvalue weighted by Gasteiger charge is -2.15. The smallest absolute Gasteiger partial charge is 0.251 e. The van der Waals surface area contributed by atoms with Gasteiger partial charge < -0.3 is 15.2 Å². The van der Waals surface area contributed by atoms with Crippen molar-refractivity contribution in [3.05, 3.63) is 68.9 Å². The SMILES string of the molecule is CCn1c(SCC(=O)Nc2ccc(Br)c(C)c2)nnc1[C@H](C)NC(=O)c1ccc(Cl)cc1. The molecular weight excluding hydrogens is 514 g/mol. The number of halogens is 2. The van der Waals surface area contributed by atoms with Crippen molar-refractivity contribution in [3.63, 3.8) is 0 Å². The Morgan fingerprint density at radius 1 is 1.19 bits per heavy atom. The van der Waals surface area contributed by atoms with E-state index in [4.69, 9.17) is 11.6 Å². The molecule has 0 spiro atoms. The molecule has 0 unspecified atom stereocenters. The number of aryl methyl sites for hydroxylation is 1. The summed E-state index contributed by atoms with van der Waals surface area (Å²) in [6.07, 6.45) is 0. The van der Waals surface area contributed by atoms with E-state index < -0.39 is 0 Å². The number of nitrogens with zero attached hydrogens (tertiary/aromatic N) is 3. The molecule has 1 heterocycles. The summed E-state index contributed by atoms with van der Waals surface area (Å²) >= 11 is 10.6. The van der Waals surface area contributed by atoms with Crippen LogP contribution in [0.3, 0.4) is 0 Å². The van der Waals surface area contributed by atoms with Crippen molar-refractivity contribution in [3.8, 4) is 0 Å². The number of carbonyl (C=O) groups excluding carboxylic acids is 2. The van der Waals surface area contributed by atoms with E-state index in [-0.39, 0.29) is 23.6 Å². The predicted molar refractivity (Wildman–Crippen MR) is 131 cm³/mol. The van der Waals surface area contributed by atoms with Gasteiger partial charge in [-0.05, 0) is 68.8 Å². The molecule has 0 fully saturated rings. The van der Waals surface area contributed by atoms with Crippen LogP contribution in [-0.2, 0) is 11.3 Å². The zero-order valence-corrected chi connectivity index (χ0v) is 21.0. The first-order valence-corrected chi connectivity index (χ1v) is 12.1. The average molecular weight is 537 g/mol. The Balaban J connectivity index is 1.62. The molecule has 32 heavy (non-hydrogen) atoms. The van der Waals surface area contributed by atoms with E-state index in [1.807, 2.05) is 43.5 Å². The molecule has 0 bridgehead atoms. The van der Waals surface area contributed by atoms with Crippen LogP contribution < -0.4 is 10.6 Å². The Kier molecular flexibility index (Phi) is 8.33. The first-order valence-electron chi connectivity index (χ1n) is 9.96. The third kappa shape index (κ3) is 6.11. The topological polar surface area (TPSA) is 88.9 Å². The lowest BCUT2D eigenvalue weighted by Crippen LogP contribution is -2.28. The molecule has 0 aliphatic rings. The van der Waals surface area contributed by atoms with E-state index in [9.17, 15) is 9.59 Å². The Hall–Kier alpha value is -2.36. The molecule has 0 radical (unpaired) electrons. The third-order valence-electron chi connectivity index (χ3n) is 4.68. The molecule has 0 saturated heterocycles. The zero-order valence-electron chi connectivity index (χ0n) is 17.9. The fourth-order valence-electron chi connectivity index (χ4n) is 3.02. The van der Waals surface area contributed by atoms with Crippen molar-refractivity contribution in [2.24, 2.45) is 0 Å². The highest BCUT2D eigenvalue weighted by atomic mass is 79.9. The number of hydrogen-bond donors (Lipinski definition) is 2. The fraction of sp³-hybridized carbons (Fsp3) is 0.273. The lowest BCUT2D eigenvalue weighted by molar-refractivity contribution is -0.113. The maximum absolute atomic E-state index is 12.5. The van der Waals surface area contributed by atoms with Crippen molar-refractivity contribution in [2.75, 3.05) is 11.1 Å². The van der Waals surface area contributed by atoms with Crippen molar-refractivity contribution >= 4 is 56.8 Å². The minimum absolute atomic E-state index is 0.131. The van der Waals surface area contributed by atoms with Crippen molar-refractivity contribution in [2.45, 2.75) is 38.5 Å².